The number of likely N-dealkylation sites (tertiary alicyclic amines) is 2. The summed E-state index contributed by atoms with van der Waals surface area (Å²) < 4.78 is 0. The molecule has 0 aliphatic carbocycles. The summed E-state index contributed by atoms with van der Waals surface area (Å²) in [5.41, 5.74) is 0. The Morgan fingerprint density at radius 2 is 2.27 bits per heavy atom. The van der Waals surface area contributed by atoms with Gasteiger partial charge in [0.2, 0.25) is 0 Å². The van der Waals surface area contributed by atoms with E-state index < -0.39 is 5.97 Å². The molecule has 11 heavy (non-hydrogen) atoms. The second kappa shape index (κ2) is 2.19. The summed E-state index contributed by atoms with van der Waals surface area (Å²) in [7, 11) is 2.08. The molecule has 4 nitrogen and oxygen atoms in total. The van der Waals surface area contributed by atoms with Crippen LogP contribution in [0.2, 0.25) is 0 Å². The lowest BCUT2D eigenvalue weighted by molar-refractivity contribution is -0.152. The summed E-state index contributed by atoms with van der Waals surface area (Å²) in [5.74, 6) is -0.710. The van der Waals surface area contributed by atoms with Gasteiger partial charge in [0.15, 0.2) is 0 Å². The summed E-state index contributed by atoms with van der Waals surface area (Å²) in [6, 6.07) is 1.19. The van der Waals surface area contributed by atoms with E-state index in [0.717, 1.165) is 13.1 Å². The van der Waals surface area contributed by atoms with Crippen LogP contribution in [-0.2, 0) is 4.79 Å². The molecular formula is C7H12N2O2. The Kier molecular flexibility index (Phi) is 1.40. The van der Waals surface area contributed by atoms with Crippen molar-refractivity contribution in [1.82, 2.24) is 9.80 Å². The summed E-state index contributed by atoms with van der Waals surface area (Å²) in [5, 5.41) is 8.49. The lowest BCUT2D eigenvalue weighted by Crippen LogP contribution is -2.78. The zero-order valence-electron chi connectivity index (χ0n) is 6.53. The minimum atomic E-state index is -0.710. The minimum Gasteiger partial charge on any atom is -0.480 e. The molecule has 1 N–H and O–H groups in total. The number of carboxylic acid groups (broad SMARTS) is 1. The van der Waals surface area contributed by atoms with Crippen molar-refractivity contribution in [3.63, 3.8) is 0 Å². The highest BCUT2D eigenvalue weighted by Gasteiger charge is 2.49. The van der Waals surface area contributed by atoms with Gasteiger partial charge in [-0.25, -0.2) is 0 Å². The highest BCUT2D eigenvalue weighted by atomic mass is 16.4. The number of aliphatic carboxylic acids is 1. The molecule has 2 aliphatic heterocycles. The fourth-order valence-corrected chi connectivity index (χ4v) is 1.92. The quantitative estimate of drug-likeness (QED) is 0.561. The monoisotopic (exact) mass is 156 g/mol. The van der Waals surface area contributed by atoms with E-state index in [1.54, 1.807) is 0 Å². The Morgan fingerprint density at radius 3 is 2.64 bits per heavy atom. The first-order valence-corrected chi connectivity index (χ1v) is 3.84. The molecular weight excluding hydrogens is 144 g/mol. The molecule has 2 aliphatic rings. The molecule has 2 fully saturated rings. The number of fused-ring (bicyclic) bond motifs is 1. The van der Waals surface area contributed by atoms with E-state index in [9.17, 15) is 4.79 Å². The maximum absolute atomic E-state index is 10.3. The van der Waals surface area contributed by atoms with Crippen LogP contribution >= 0.6 is 0 Å². The Bertz CT molecular complexity index is 195. The van der Waals surface area contributed by atoms with Crippen LogP contribution in [0.25, 0.3) is 0 Å². The fourth-order valence-electron chi connectivity index (χ4n) is 1.92. The molecule has 4 heteroatoms. The molecule has 2 rings (SSSR count). The smallest absolute Gasteiger partial charge is 0.317 e. The van der Waals surface area contributed by atoms with Crippen molar-refractivity contribution in [3.05, 3.63) is 0 Å². The molecule has 0 radical (unpaired) electrons. The Morgan fingerprint density at radius 1 is 1.55 bits per heavy atom. The summed E-state index contributed by atoms with van der Waals surface area (Å²) in [6.45, 7) is 2.19. The molecule has 0 aromatic heterocycles. The lowest BCUT2D eigenvalue weighted by atomic mass is 9.86. The van der Waals surface area contributed by atoms with Gasteiger partial charge in [-0.1, -0.05) is 0 Å². The van der Waals surface area contributed by atoms with E-state index in [1.165, 1.54) is 0 Å². The third kappa shape index (κ3) is 0.937. The van der Waals surface area contributed by atoms with E-state index in [2.05, 4.69) is 11.9 Å². The Labute approximate surface area is 65.4 Å². The minimum absolute atomic E-state index is 0.217. The number of rotatable bonds is 2. The zero-order chi connectivity index (χ0) is 8.01. The first kappa shape index (κ1) is 7.06. The SMILES string of the molecule is CN1C[C@H]2C1CN2CC(=O)O. The van der Waals surface area contributed by atoms with Crippen LogP contribution in [0.5, 0.6) is 0 Å². The fraction of sp³-hybridized carbons (Fsp3) is 0.857. The highest BCUT2D eigenvalue weighted by molar-refractivity contribution is 5.69. The van der Waals surface area contributed by atoms with Crippen molar-refractivity contribution in [2.24, 2.45) is 0 Å². The number of nitrogens with zero attached hydrogens (tertiary/aromatic N) is 2. The van der Waals surface area contributed by atoms with E-state index in [-0.39, 0.29) is 6.54 Å². The van der Waals surface area contributed by atoms with E-state index in [1.807, 2.05) is 4.90 Å². The van der Waals surface area contributed by atoms with Crippen LogP contribution in [-0.4, -0.2) is 59.6 Å². The normalized spacial score (nSPS) is 37.2. The van der Waals surface area contributed by atoms with Crippen molar-refractivity contribution in [3.8, 4) is 0 Å². The van der Waals surface area contributed by atoms with Crippen molar-refractivity contribution in [2.45, 2.75) is 12.1 Å². The maximum Gasteiger partial charge on any atom is 0.317 e. The van der Waals surface area contributed by atoms with Crippen LogP contribution < -0.4 is 0 Å². The van der Waals surface area contributed by atoms with Crippen LogP contribution in [0.3, 0.4) is 0 Å². The lowest BCUT2D eigenvalue weighted by Gasteiger charge is -2.60. The zero-order valence-corrected chi connectivity index (χ0v) is 6.53. The molecule has 62 valence electrons. The van der Waals surface area contributed by atoms with Gasteiger partial charge in [0.1, 0.15) is 0 Å². The predicted octanol–water partition coefficient (Wildman–Crippen LogP) is -0.931. The van der Waals surface area contributed by atoms with Gasteiger partial charge >= 0.3 is 5.97 Å². The van der Waals surface area contributed by atoms with Crippen LogP contribution in [0.15, 0.2) is 0 Å². The number of piperazine rings is 1. The molecule has 0 bridgehead atoms. The van der Waals surface area contributed by atoms with Gasteiger partial charge in [-0.05, 0) is 7.05 Å². The highest BCUT2D eigenvalue weighted by Crippen LogP contribution is 2.31. The topological polar surface area (TPSA) is 43.8 Å². The van der Waals surface area contributed by atoms with Crippen LogP contribution in [0.4, 0.5) is 0 Å². The van der Waals surface area contributed by atoms with Gasteiger partial charge in [-0.3, -0.25) is 14.6 Å². The number of carbonyl (C=O) groups is 1. The number of carboxylic acids is 1. The molecule has 0 amide bonds. The van der Waals surface area contributed by atoms with Gasteiger partial charge in [0.05, 0.1) is 6.54 Å². The van der Waals surface area contributed by atoms with E-state index in [0.29, 0.717) is 12.1 Å². The van der Waals surface area contributed by atoms with Crippen molar-refractivity contribution < 1.29 is 9.90 Å². The third-order valence-corrected chi connectivity index (χ3v) is 2.71. The number of hydrogen-bond acceptors (Lipinski definition) is 3. The van der Waals surface area contributed by atoms with E-state index >= 15 is 0 Å². The summed E-state index contributed by atoms with van der Waals surface area (Å²) in [6.07, 6.45) is 0. The van der Waals surface area contributed by atoms with Gasteiger partial charge in [-0.15, -0.1) is 0 Å². The standard InChI is InChI=1S/C7H12N2O2/c1-8-2-6-5(8)3-9(6)4-7(10)11/h5-6H,2-4H2,1H3,(H,10,11)/t5?,6-/m0/s1. The Hall–Kier alpha value is -0.610. The second-order valence-corrected chi connectivity index (χ2v) is 3.40. The molecule has 0 aromatic carbocycles. The third-order valence-electron chi connectivity index (χ3n) is 2.71. The molecule has 0 aromatic rings. The number of likely N-dealkylation sites (N-methyl/N-ethyl adjacent to an activating group) is 1. The van der Waals surface area contributed by atoms with Gasteiger partial charge in [0.25, 0.3) is 0 Å². The second-order valence-electron chi connectivity index (χ2n) is 3.40. The van der Waals surface area contributed by atoms with Crippen molar-refractivity contribution in [2.75, 3.05) is 26.7 Å². The van der Waals surface area contributed by atoms with Gasteiger partial charge < -0.3 is 5.11 Å². The van der Waals surface area contributed by atoms with Crippen LogP contribution in [0.1, 0.15) is 0 Å². The van der Waals surface area contributed by atoms with Crippen molar-refractivity contribution in [1.29, 1.82) is 0 Å². The molecule has 1 unspecified atom stereocenters. The van der Waals surface area contributed by atoms with Gasteiger partial charge in [0, 0.05) is 25.2 Å². The molecule has 2 saturated heterocycles. The average molecular weight is 156 g/mol. The predicted molar refractivity (Wildman–Crippen MR) is 39.4 cm³/mol. The van der Waals surface area contributed by atoms with Crippen molar-refractivity contribution >= 4 is 5.97 Å². The first-order valence-electron chi connectivity index (χ1n) is 3.84. The molecule has 2 heterocycles. The largest absolute Gasteiger partial charge is 0.480 e. The first-order chi connectivity index (χ1) is 5.18. The van der Waals surface area contributed by atoms with E-state index in [4.69, 9.17) is 5.11 Å². The number of hydrogen-bond donors (Lipinski definition) is 1. The molecule has 0 spiro atoms. The maximum atomic E-state index is 10.3. The van der Waals surface area contributed by atoms with Gasteiger partial charge in [-0.2, -0.15) is 0 Å². The average Bonchev–Trinajstić information content (AvgIpc) is 1.91. The summed E-state index contributed by atoms with van der Waals surface area (Å²) >= 11 is 0. The molecule has 2 atom stereocenters. The summed E-state index contributed by atoms with van der Waals surface area (Å²) in [4.78, 5) is 14.6. The molecule has 0 saturated carbocycles. The van der Waals surface area contributed by atoms with Crippen LogP contribution in [0, 0.1) is 0 Å². The Balaban J connectivity index is 1.81.